The molecule has 0 aliphatic rings. The highest BCUT2D eigenvalue weighted by Gasteiger charge is 2.06. The largest absolute Gasteiger partial charge is 0.360 e. The van der Waals surface area contributed by atoms with Crippen LogP contribution in [0.15, 0.2) is 10.7 Å². The van der Waals surface area contributed by atoms with Gasteiger partial charge >= 0.3 is 0 Å². The second-order valence-corrected chi connectivity index (χ2v) is 5.05. The molecule has 1 rings (SSSR count). The molecule has 1 aromatic heterocycles. The first kappa shape index (κ1) is 14.7. The van der Waals surface area contributed by atoms with E-state index < -0.39 is 0 Å². The predicted octanol–water partition coefficient (Wildman–Crippen LogP) is 1.46. The Morgan fingerprint density at radius 1 is 1.50 bits per heavy atom. The Hall–Kier alpha value is -1.37. The molecule has 0 fully saturated rings. The molecule has 0 aliphatic carbocycles. The van der Waals surface area contributed by atoms with Crippen molar-refractivity contribution < 1.29 is 4.79 Å². The molecule has 0 radical (unpaired) electrons. The van der Waals surface area contributed by atoms with Gasteiger partial charge in [-0.3, -0.25) is 4.79 Å². The summed E-state index contributed by atoms with van der Waals surface area (Å²) >= 11 is 3.32. The minimum absolute atomic E-state index is 0.0554. The molecule has 3 N–H and O–H groups in total. The highest BCUT2D eigenvalue weighted by atomic mass is 79.9. The first-order chi connectivity index (χ1) is 8.52. The van der Waals surface area contributed by atoms with Gasteiger partial charge in [-0.2, -0.15) is 4.98 Å². The third-order valence-electron chi connectivity index (χ3n) is 2.09. The van der Waals surface area contributed by atoms with Gasteiger partial charge in [0.2, 0.25) is 11.9 Å². The maximum Gasteiger partial charge on any atom is 0.239 e. The van der Waals surface area contributed by atoms with Gasteiger partial charge in [0.25, 0.3) is 0 Å². The maximum atomic E-state index is 11.5. The van der Waals surface area contributed by atoms with Crippen LogP contribution < -0.4 is 16.0 Å². The van der Waals surface area contributed by atoms with E-state index in [1.807, 2.05) is 13.8 Å². The van der Waals surface area contributed by atoms with Crippen LogP contribution in [-0.2, 0) is 4.79 Å². The molecule has 0 spiro atoms. The molecule has 100 valence electrons. The van der Waals surface area contributed by atoms with Crippen molar-refractivity contribution in [2.45, 2.75) is 13.8 Å². The number of rotatable bonds is 6. The van der Waals surface area contributed by atoms with Gasteiger partial charge in [0.05, 0.1) is 11.0 Å². The summed E-state index contributed by atoms with van der Waals surface area (Å²) in [6, 6.07) is 0. The van der Waals surface area contributed by atoms with Gasteiger partial charge in [-0.15, -0.1) is 0 Å². The normalized spacial score (nSPS) is 10.3. The van der Waals surface area contributed by atoms with Crippen molar-refractivity contribution in [2.24, 2.45) is 5.92 Å². The lowest BCUT2D eigenvalue weighted by atomic mass is 10.2. The average Bonchev–Trinajstić information content (AvgIpc) is 2.35. The number of halogens is 1. The minimum atomic E-state index is -0.0554. The molecule has 0 atom stereocenters. The van der Waals surface area contributed by atoms with Crippen LogP contribution in [0.25, 0.3) is 0 Å². The fourth-order valence-corrected chi connectivity index (χ4v) is 1.49. The average molecular weight is 316 g/mol. The Morgan fingerprint density at radius 2 is 2.22 bits per heavy atom. The molecule has 1 heterocycles. The number of hydrogen-bond acceptors (Lipinski definition) is 5. The lowest BCUT2D eigenvalue weighted by molar-refractivity contribution is -0.119. The predicted molar refractivity (Wildman–Crippen MR) is 75.6 cm³/mol. The Balaban J connectivity index is 2.50. The lowest BCUT2D eigenvalue weighted by Crippen LogP contribution is -2.32. The maximum absolute atomic E-state index is 11.5. The van der Waals surface area contributed by atoms with E-state index in [4.69, 9.17) is 0 Å². The topological polar surface area (TPSA) is 78.9 Å². The first-order valence-corrected chi connectivity index (χ1v) is 6.53. The van der Waals surface area contributed by atoms with E-state index in [9.17, 15) is 4.79 Å². The second-order valence-electron chi connectivity index (χ2n) is 4.19. The number of nitrogens with zero attached hydrogens (tertiary/aromatic N) is 2. The van der Waals surface area contributed by atoms with Crippen LogP contribution in [0.2, 0.25) is 0 Å². The zero-order chi connectivity index (χ0) is 13.5. The van der Waals surface area contributed by atoms with Gasteiger partial charge in [-0.1, -0.05) is 13.8 Å². The molecule has 7 heteroatoms. The molecule has 0 saturated heterocycles. The quantitative estimate of drug-likeness (QED) is 0.741. The Labute approximate surface area is 115 Å². The molecule has 0 aromatic carbocycles. The van der Waals surface area contributed by atoms with Crippen molar-refractivity contribution in [3.8, 4) is 0 Å². The second kappa shape index (κ2) is 7.15. The molecule has 18 heavy (non-hydrogen) atoms. The van der Waals surface area contributed by atoms with Gasteiger partial charge in [0.1, 0.15) is 5.82 Å². The van der Waals surface area contributed by atoms with Crippen molar-refractivity contribution in [3.63, 3.8) is 0 Å². The van der Waals surface area contributed by atoms with Crippen LogP contribution in [0.3, 0.4) is 0 Å². The summed E-state index contributed by atoms with van der Waals surface area (Å²) in [5.74, 6) is 1.48. The summed E-state index contributed by atoms with van der Waals surface area (Å²) in [7, 11) is 1.74. The van der Waals surface area contributed by atoms with Crippen molar-refractivity contribution in [1.82, 2.24) is 15.3 Å². The van der Waals surface area contributed by atoms with Crippen LogP contribution >= 0.6 is 15.9 Å². The monoisotopic (exact) mass is 315 g/mol. The molecule has 0 aliphatic heterocycles. The van der Waals surface area contributed by atoms with Crippen molar-refractivity contribution >= 4 is 33.6 Å². The number of hydrogen-bond donors (Lipinski definition) is 3. The molecule has 6 nitrogen and oxygen atoms in total. The third kappa shape index (κ3) is 4.87. The minimum Gasteiger partial charge on any atom is -0.360 e. The smallest absolute Gasteiger partial charge is 0.239 e. The Morgan fingerprint density at radius 3 is 2.83 bits per heavy atom. The van der Waals surface area contributed by atoms with E-state index in [1.54, 1.807) is 13.2 Å². The fraction of sp³-hybridized carbons (Fsp3) is 0.545. The standard InChI is InChI=1S/C11H18BrN5O/c1-7(2)4-14-9(18)6-15-10-8(12)5-16-11(13-3)17-10/h5,7H,4,6H2,1-3H3,(H,14,18)(H2,13,15,16,17). The molecule has 0 bridgehead atoms. The van der Waals surface area contributed by atoms with E-state index in [0.29, 0.717) is 24.2 Å². The van der Waals surface area contributed by atoms with Gasteiger partial charge in [0.15, 0.2) is 0 Å². The van der Waals surface area contributed by atoms with E-state index in [2.05, 4.69) is 41.8 Å². The van der Waals surface area contributed by atoms with Crippen LogP contribution in [0.1, 0.15) is 13.8 Å². The summed E-state index contributed by atoms with van der Waals surface area (Å²) in [5.41, 5.74) is 0. The van der Waals surface area contributed by atoms with Crippen LogP contribution in [-0.4, -0.2) is 36.0 Å². The summed E-state index contributed by atoms with van der Waals surface area (Å²) < 4.78 is 0.721. The van der Waals surface area contributed by atoms with E-state index in [-0.39, 0.29) is 12.5 Å². The Bertz CT molecular complexity index is 410. The van der Waals surface area contributed by atoms with Gasteiger partial charge in [0, 0.05) is 19.8 Å². The number of carbonyl (C=O) groups excluding carboxylic acids is 1. The number of amides is 1. The number of aromatic nitrogens is 2. The molecular weight excluding hydrogens is 298 g/mol. The van der Waals surface area contributed by atoms with E-state index in [1.165, 1.54) is 0 Å². The SMILES string of the molecule is CNc1ncc(Br)c(NCC(=O)NCC(C)C)n1. The molecule has 0 saturated carbocycles. The zero-order valence-electron chi connectivity index (χ0n) is 10.7. The highest BCUT2D eigenvalue weighted by Crippen LogP contribution is 2.19. The van der Waals surface area contributed by atoms with Crippen molar-refractivity contribution in [2.75, 3.05) is 30.8 Å². The number of carbonyl (C=O) groups is 1. The Kier molecular flexibility index (Phi) is 5.84. The van der Waals surface area contributed by atoms with E-state index >= 15 is 0 Å². The number of anilines is 2. The van der Waals surface area contributed by atoms with Crippen LogP contribution in [0, 0.1) is 5.92 Å². The van der Waals surface area contributed by atoms with Crippen molar-refractivity contribution in [3.05, 3.63) is 10.7 Å². The molecule has 0 unspecified atom stereocenters. The summed E-state index contributed by atoms with van der Waals surface area (Å²) in [4.78, 5) is 19.8. The highest BCUT2D eigenvalue weighted by molar-refractivity contribution is 9.10. The third-order valence-corrected chi connectivity index (χ3v) is 2.67. The molecule has 1 amide bonds. The van der Waals surface area contributed by atoms with Gasteiger partial charge < -0.3 is 16.0 Å². The first-order valence-electron chi connectivity index (χ1n) is 5.73. The lowest BCUT2D eigenvalue weighted by Gasteiger charge is -2.10. The van der Waals surface area contributed by atoms with Crippen LogP contribution in [0.5, 0.6) is 0 Å². The van der Waals surface area contributed by atoms with Gasteiger partial charge in [-0.25, -0.2) is 4.98 Å². The number of nitrogens with one attached hydrogen (secondary N) is 3. The molecule has 1 aromatic rings. The van der Waals surface area contributed by atoms with E-state index in [0.717, 1.165) is 4.47 Å². The summed E-state index contributed by atoms with van der Waals surface area (Å²) in [6.45, 7) is 4.96. The fourth-order valence-electron chi connectivity index (χ4n) is 1.16. The van der Waals surface area contributed by atoms with Gasteiger partial charge in [-0.05, 0) is 21.8 Å². The molecular formula is C11H18BrN5O. The zero-order valence-corrected chi connectivity index (χ0v) is 12.3. The summed E-state index contributed by atoms with van der Waals surface area (Å²) in [6.07, 6.45) is 1.63. The van der Waals surface area contributed by atoms with Crippen molar-refractivity contribution in [1.29, 1.82) is 0 Å². The summed E-state index contributed by atoms with van der Waals surface area (Å²) in [5, 5.41) is 8.62. The van der Waals surface area contributed by atoms with Crippen LogP contribution in [0.4, 0.5) is 11.8 Å².